The molecule has 5 rings (SSSR count). The molecule has 3 aromatic rings. The number of hydrogen-bond donors (Lipinski definition) is 1. The van der Waals surface area contributed by atoms with Crippen molar-refractivity contribution in [2.75, 3.05) is 0 Å². The Morgan fingerprint density at radius 2 is 2.21 bits per heavy atom. The lowest BCUT2D eigenvalue weighted by molar-refractivity contribution is 0.0997. The van der Waals surface area contributed by atoms with Crippen LogP contribution < -0.4 is 0 Å². The number of fused-ring (bicyclic) bond motifs is 2. The average molecular weight is 325 g/mol. The Hall–Kier alpha value is -2.48. The van der Waals surface area contributed by atoms with E-state index in [4.69, 9.17) is 14.8 Å². The molecule has 2 bridgehead atoms. The van der Waals surface area contributed by atoms with Gasteiger partial charge in [0.2, 0.25) is 0 Å². The summed E-state index contributed by atoms with van der Waals surface area (Å²) in [5.74, 6) is 1.95. The molecule has 2 saturated heterocycles. The van der Waals surface area contributed by atoms with Crippen LogP contribution in [0.5, 0.6) is 0 Å². The minimum absolute atomic E-state index is 0.257. The van der Waals surface area contributed by atoms with Crippen molar-refractivity contribution < 1.29 is 4.74 Å². The molecule has 5 heterocycles. The van der Waals surface area contributed by atoms with Crippen LogP contribution in [0, 0.1) is 6.92 Å². The smallest absolute Gasteiger partial charge is 0.185 e. The summed E-state index contributed by atoms with van der Waals surface area (Å²) in [4.78, 5) is 4.87. The largest absolute Gasteiger partial charge is 0.374 e. The van der Waals surface area contributed by atoms with E-state index in [0.29, 0.717) is 11.9 Å². The first-order valence-corrected chi connectivity index (χ1v) is 8.31. The first kappa shape index (κ1) is 13.9. The van der Waals surface area contributed by atoms with Crippen molar-refractivity contribution >= 4 is 0 Å². The van der Waals surface area contributed by atoms with E-state index in [1.54, 1.807) is 10.9 Å². The first-order valence-electron chi connectivity index (χ1n) is 8.31. The third kappa shape index (κ3) is 2.02. The van der Waals surface area contributed by atoms with Gasteiger partial charge in [0.25, 0.3) is 0 Å². The molecule has 3 atom stereocenters. The van der Waals surface area contributed by atoms with E-state index in [1.165, 1.54) is 0 Å². The summed E-state index contributed by atoms with van der Waals surface area (Å²) in [6.45, 7) is 1.98. The van der Waals surface area contributed by atoms with Crippen LogP contribution in [0.3, 0.4) is 0 Å². The van der Waals surface area contributed by atoms with Gasteiger partial charge < -0.3 is 4.74 Å². The normalized spacial score (nSPS) is 25.7. The third-order valence-electron chi connectivity index (χ3n) is 5.08. The second kappa shape index (κ2) is 5.01. The topological polar surface area (TPSA) is 86.4 Å². The second-order valence-corrected chi connectivity index (χ2v) is 6.70. The van der Waals surface area contributed by atoms with Gasteiger partial charge in [-0.1, -0.05) is 0 Å². The Morgan fingerprint density at radius 3 is 2.83 bits per heavy atom. The van der Waals surface area contributed by atoms with Gasteiger partial charge in [-0.25, -0.2) is 9.67 Å². The molecule has 2 aliphatic heterocycles. The van der Waals surface area contributed by atoms with Gasteiger partial charge in [0.05, 0.1) is 36.4 Å². The molecule has 0 spiro atoms. The monoisotopic (exact) mass is 325 g/mol. The number of H-pyrrole nitrogens is 1. The quantitative estimate of drug-likeness (QED) is 0.792. The molecule has 0 amide bonds. The highest BCUT2D eigenvalue weighted by Crippen LogP contribution is 2.44. The Labute approximate surface area is 138 Å². The van der Waals surface area contributed by atoms with E-state index in [9.17, 15) is 0 Å². The molecule has 0 aromatic carbocycles. The maximum atomic E-state index is 6.04. The Morgan fingerprint density at radius 1 is 1.29 bits per heavy atom. The third-order valence-corrected chi connectivity index (χ3v) is 5.08. The van der Waals surface area contributed by atoms with Crippen LogP contribution in [0.25, 0.3) is 17.1 Å². The van der Waals surface area contributed by atoms with Gasteiger partial charge >= 0.3 is 0 Å². The molecule has 24 heavy (non-hydrogen) atoms. The number of hydrogen-bond acceptors (Lipinski definition) is 5. The first-order chi connectivity index (χ1) is 11.7. The van der Waals surface area contributed by atoms with E-state index in [1.807, 2.05) is 31.0 Å². The van der Waals surface area contributed by atoms with Gasteiger partial charge in [-0.2, -0.15) is 10.2 Å². The van der Waals surface area contributed by atoms with Crippen molar-refractivity contribution in [3.05, 3.63) is 30.1 Å². The number of aromatic nitrogens is 7. The summed E-state index contributed by atoms with van der Waals surface area (Å²) in [7, 11) is 1.90. The fourth-order valence-electron chi connectivity index (χ4n) is 3.87. The van der Waals surface area contributed by atoms with E-state index >= 15 is 0 Å². The molecule has 3 aromatic heterocycles. The molecule has 0 radical (unpaired) electrons. The Bertz CT molecular complexity index is 892. The highest BCUT2D eigenvalue weighted by atomic mass is 16.5. The summed E-state index contributed by atoms with van der Waals surface area (Å²) in [6, 6.07) is 0. The van der Waals surface area contributed by atoms with Gasteiger partial charge in [0.15, 0.2) is 5.82 Å². The minimum Gasteiger partial charge on any atom is -0.374 e. The molecule has 2 fully saturated rings. The van der Waals surface area contributed by atoms with Crippen molar-refractivity contribution in [1.82, 2.24) is 34.7 Å². The second-order valence-electron chi connectivity index (χ2n) is 6.70. The van der Waals surface area contributed by atoms with Crippen LogP contribution in [-0.2, 0) is 11.8 Å². The fraction of sp³-hybridized carbons (Fsp3) is 0.500. The summed E-state index contributed by atoms with van der Waals surface area (Å²) in [5.41, 5.74) is 2.83. The number of nitrogens with zero attached hydrogens (tertiary/aromatic N) is 6. The number of ether oxygens (including phenoxy) is 1. The number of nitrogens with one attached hydrogen (secondary N) is 1. The lowest BCUT2D eigenvalue weighted by Crippen LogP contribution is -2.18. The van der Waals surface area contributed by atoms with E-state index in [-0.39, 0.29) is 12.0 Å². The van der Waals surface area contributed by atoms with Crippen molar-refractivity contribution in [3.63, 3.8) is 0 Å². The molecule has 2 aliphatic rings. The van der Waals surface area contributed by atoms with Crippen LogP contribution in [-0.4, -0.2) is 47.0 Å². The summed E-state index contributed by atoms with van der Waals surface area (Å²) >= 11 is 0. The highest BCUT2D eigenvalue weighted by Gasteiger charge is 2.44. The van der Waals surface area contributed by atoms with Crippen LogP contribution in [0.15, 0.2) is 18.6 Å². The van der Waals surface area contributed by atoms with Gasteiger partial charge in [0, 0.05) is 18.7 Å². The zero-order valence-electron chi connectivity index (χ0n) is 13.7. The maximum Gasteiger partial charge on any atom is 0.185 e. The lowest BCUT2D eigenvalue weighted by atomic mass is 9.88. The van der Waals surface area contributed by atoms with Crippen molar-refractivity contribution in [3.8, 4) is 17.1 Å². The fourth-order valence-corrected chi connectivity index (χ4v) is 3.87. The number of aryl methyl sites for hydroxylation is 2. The predicted molar refractivity (Wildman–Crippen MR) is 85.7 cm³/mol. The SMILES string of the molecule is Cc1[nH]ncc1-c1nc([C@@H]2C[C@@H]3CC[C@H]2O3)n(-c2cnn(C)c2)n1. The molecule has 0 aliphatic carbocycles. The average Bonchev–Trinajstić information content (AvgIpc) is 3.35. The van der Waals surface area contributed by atoms with Crippen LogP contribution >= 0.6 is 0 Å². The Kier molecular flexibility index (Phi) is 2.90. The lowest BCUT2D eigenvalue weighted by Gasteiger charge is -2.17. The van der Waals surface area contributed by atoms with Crippen LogP contribution in [0.1, 0.15) is 36.7 Å². The molecule has 0 saturated carbocycles. The Balaban J connectivity index is 1.64. The van der Waals surface area contributed by atoms with Crippen molar-refractivity contribution in [1.29, 1.82) is 0 Å². The molecule has 1 N–H and O–H groups in total. The van der Waals surface area contributed by atoms with E-state index < -0.39 is 0 Å². The molecular weight excluding hydrogens is 306 g/mol. The highest BCUT2D eigenvalue weighted by molar-refractivity contribution is 5.56. The van der Waals surface area contributed by atoms with Gasteiger partial charge in [-0.15, -0.1) is 5.10 Å². The summed E-state index contributed by atoms with van der Waals surface area (Å²) < 4.78 is 9.74. The molecule has 0 unspecified atom stereocenters. The minimum atomic E-state index is 0.257. The summed E-state index contributed by atoms with van der Waals surface area (Å²) in [5, 5.41) is 16.1. The molecular formula is C16H19N7O. The zero-order chi connectivity index (χ0) is 16.3. The predicted octanol–water partition coefficient (Wildman–Crippen LogP) is 1.73. The van der Waals surface area contributed by atoms with Gasteiger partial charge in [-0.05, 0) is 26.2 Å². The van der Waals surface area contributed by atoms with Crippen LogP contribution in [0.4, 0.5) is 0 Å². The molecule has 124 valence electrons. The maximum absolute atomic E-state index is 6.04. The van der Waals surface area contributed by atoms with E-state index in [0.717, 1.165) is 42.0 Å². The van der Waals surface area contributed by atoms with Crippen molar-refractivity contribution in [2.24, 2.45) is 7.05 Å². The molecule has 8 nitrogen and oxygen atoms in total. The molecule has 8 heteroatoms. The van der Waals surface area contributed by atoms with Gasteiger partial charge in [0.1, 0.15) is 11.5 Å². The van der Waals surface area contributed by atoms with E-state index in [2.05, 4.69) is 15.3 Å². The number of aromatic amines is 1. The van der Waals surface area contributed by atoms with Gasteiger partial charge in [-0.3, -0.25) is 9.78 Å². The van der Waals surface area contributed by atoms with Crippen LogP contribution in [0.2, 0.25) is 0 Å². The van der Waals surface area contributed by atoms with Crippen molar-refractivity contribution in [2.45, 2.75) is 44.3 Å². The summed E-state index contributed by atoms with van der Waals surface area (Å²) in [6.07, 6.45) is 9.47. The standard InChI is InChI=1S/C16H19N7O/c1-9-13(7-17-20-9)15-19-16(12-5-11-3-4-14(12)24-11)23(21-15)10-6-18-22(2)8-10/h6-8,11-12,14H,3-5H2,1-2H3,(H,17,20)/t11-,12+,14+/m0/s1. The number of rotatable bonds is 3. The zero-order valence-corrected chi connectivity index (χ0v) is 13.7.